The van der Waals surface area contributed by atoms with Gasteiger partial charge in [-0.05, 0) is 44.7 Å². The van der Waals surface area contributed by atoms with E-state index in [0.29, 0.717) is 36.9 Å². The first kappa shape index (κ1) is 19.1. The first-order valence-electron chi connectivity index (χ1n) is 8.68. The zero-order valence-corrected chi connectivity index (χ0v) is 14.7. The van der Waals surface area contributed by atoms with Crippen molar-refractivity contribution in [1.29, 1.82) is 0 Å². The van der Waals surface area contributed by atoms with Crippen molar-refractivity contribution in [1.82, 2.24) is 9.78 Å². The Kier molecular flexibility index (Phi) is 5.34. The highest BCUT2D eigenvalue weighted by Crippen LogP contribution is 2.34. The van der Waals surface area contributed by atoms with Crippen LogP contribution in [0.3, 0.4) is 0 Å². The second kappa shape index (κ2) is 7.54. The van der Waals surface area contributed by atoms with Crippen molar-refractivity contribution in [3.8, 4) is 11.6 Å². The number of benzene rings is 1. The molecule has 0 atom stereocenters. The number of rotatable bonds is 5. The van der Waals surface area contributed by atoms with Gasteiger partial charge < -0.3 is 9.53 Å². The Bertz CT molecular complexity index is 837. The summed E-state index contributed by atoms with van der Waals surface area (Å²) in [6.45, 7) is 1.38. The van der Waals surface area contributed by atoms with E-state index in [-0.39, 0.29) is 23.7 Å². The van der Waals surface area contributed by atoms with Gasteiger partial charge in [0.1, 0.15) is 12.4 Å². The van der Waals surface area contributed by atoms with E-state index in [4.69, 9.17) is 4.74 Å². The van der Waals surface area contributed by atoms with Gasteiger partial charge in [0.05, 0.1) is 5.69 Å². The fourth-order valence-electron chi connectivity index (χ4n) is 3.14. The number of ether oxygens (including phenoxy) is 1. The Morgan fingerprint density at radius 1 is 1.22 bits per heavy atom. The molecule has 27 heavy (non-hydrogen) atoms. The molecule has 1 heterocycles. The van der Waals surface area contributed by atoms with Crippen LogP contribution in [0.1, 0.15) is 48.7 Å². The van der Waals surface area contributed by atoms with Crippen LogP contribution in [0.15, 0.2) is 30.3 Å². The molecule has 5 nitrogen and oxygen atoms in total. The highest BCUT2D eigenvalue weighted by atomic mass is 19.4. The molecule has 2 aromatic rings. The summed E-state index contributed by atoms with van der Waals surface area (Å²) < 4.78 is 46.3. The standard InChI is InChI=1S/C19H19F3N2O3/c1-12(26)14-3-2-4-15(9-14)24-18(10-17(23-24)19(20,21)22)27-16-7-5-13(11-25)6-8-16/h2-4,9-11,13,16H,5-8H2,1H3. The minimum atomic E-state index is -4.61. The van der Waals surface area contributed by atoms with Gasteiger partial charge in [0, 0.05) is 17.5 Å². The van der Waals surface area contributed by atoms with Crippen molar-refractivity contribution in [2.75, 3.05) is 0 Å². The number of ketones is 1. The lowest BCUT2D eigenvalue weighted by molar-refractivity contribution is -0.141. The van der Waals surface area contributed by atoms with Crippen molar-refractivity contribution in [2.45, 2.75) is 44.9 Å². The van der Waals surface area contributed by atoms with Gasteiger partial charge in [0.15, 0.2) is 11.5 Å². The topological polar surface area (TPSA) is 61.2 Å². The second-order valence-corrected chi connectivity index (χ2v) is 6.67. The molecule has 1 fully saturated rings. The molecule has 144 valence electrons. The first-order valence-corrected chi connectivity index (χ1v) is 8.68. The van der Waals surface area contributed by atoms with Crippen LogP contribution in [0, 0.1) is 5.92 Å². The smallest absolute Gasteiger partial charge is 0.435 e. The van der Waals surface area contributed by atoms with Gasteiger partial charge in [0.2, 0.25) is 5.88 Å². The molecule has 0 aliphatic heterocycles. The van der Waals surface area contributed by atoms with E-state index in [2.05, 4.69) is 5.10 Å². The zero-order chi connectivity index (χ0) is 19.6. The van der Waals surface area contributed by atoms with Crippen LogP contribution in [0.25, 0.3) is 5.69 Å². The van der Waals surface area contributed by atoms with E-state index in [0.717, 1.165) is 17.0 Å². The average molecular weight is 380 g/mol. The number of alkyl halides is 3. The number of carbonyl (C=O) groups excluding carboxylic acids is 2. The van der Waals surface area contributed by atoms with E-state index < -0.39 is 11.9 Å². The summed E-state index contributed by atoms with van der Waals surface area (Å²) in [6.07, 6.45) is -1.52. The van der Waals surface area contributed by atoms with Crippen molar-refractivity contribution in [3.63, 3.8) is 0 Å². The molecule has 0 bridgehead atoms. The van der Waals surface area contributed by atoms with Crippen LogP contribution >= 0.6 is 0 Å². The largest absolute Gasteiger partial charge is 0.474 e. The molecule has 1 aliphatic carbocycles. The maximum Gasteiger partial charge on any atom is 0.435 e. The van der Waals surface area contributed by atoms with Gasteiger partial charge in [-0.15, -0.1) is 0 Å². The number of hydrogen-bond acceptors (Lipinski definition) is 4. The van der Waals surface area contributed by atoms with Gasteiger partial charge in [0.25, 0.3) is 0 Å². The normalized spacial score (nSPS) is 20.3. The third-order valence-electron chi connectivity index (χ3n) is 4.66. The van der Waals surface area contributed by atoms with Crippen LogP contribution in [0.2, 0.25) is 0 Å². The van der Waals surface area contributed by atoms with Crippen LogP contribution in [-0.4, -0.2) is 28.0 Å². The number of carbonyl (C=O) groups is 2. The Morgan fingerprint density at radius 2 is 1.93 bits per heavy atom. The summed E-state index contributed by atoms with van der Waals surface area (Å²) in [7, 11) is 0. The number of aromatic nitrogens is 2. The quantitative estimate of drug-likeness (QED) is 0.575. The highest BCUT2D eigenvalue weighted by Gasteiger charge is 2.36. The van der Waals surface area contributed by atoms with E-state index in [1.807, 2.05) is 0 Å². The summed E-state index contributed by atoms with van der Waals surface area (Å²) in [5, 5.41) is 3.65. The molecular formula is C19H19F3N2O3. The number of nitrogens with zero attached hydrogens (tertiary/aromatic N) is 2. The van der Waals surface area contributed by atoms with Gasteiger partial charge in [-0.3, -0.25) is 4.79 Å². The summed E-state index contributed by atoms with van der Waals surface area (Å²) in [6, 6.07) is 7.08. The Balaban J connectivity index is 1.93. The molecular weight excluding hydrogens is 361 g/mol. The third-order valence-corrected chi connectivity index (χ3v) is 4.66. The number of aldehydes is 1. The SMILES string of the molecule is CC(=O)c1cccc(-n2nc(C(F)(F)F)cc2OC2CCC(C=O)CC2)c1. The predicted octanol–water partition coefficient (Wildman–Crippen LogP) is 4.23. The van der Waals surface area contributed by atoms with Crippen LogP contribution in [-0.2, 0) is 11.0 Å². The molecule has 1 saturated carbocycles. The molecule has 1 aliphatic rings. The van der Waals surface area contributed by atoms with E-state index >= 15 is 0 Å². The Hall–Kier alpha value is -2.64. The number of halogens is 3. The number of Topliss-reactive ketones (excluding diaryl/α,β-unsaturated/α-hetero) is 1. The Labute approximate surface area is 154 Å². The van der Waals surface area contributed by atoms with E-state index in [1.54, 1.807) is 18.2 Å². The summed E-state index contributed by atoms with van der Waals surface area (Å²) >= 11 is 0. The minimum absolute atomic E-state index is 0.0206. The fourth-order valence-corrected chi connectivity index (χ4v) is 3.14. The van der Waals surface area contributed by atoms with Gasteiger partial charge in [-0.2, -0.15) is 18.3 Å². The molecule has 0 spiro atoms. The predicted molar refractivity (Wildman–Crippen MR) is 91.0 cm³/mol. The van der Waals surface area contributed by atoms with Crippen molar-refractivity contribution in [2.24, 2.45) is 5.92 Å². The van der Waals surface area contributed by atoms with Crippen LogP contribution < -0.4 is 4.74 Å². The third kappa shape index (κ3) is 4.37. The average Bonchev–Trinajstić information content (AvgIpc) is 3.07. The van der Waals surface area contributed by atoms with Gasteiger partial charge >= 0.3 is 6.18 Å². The Morgan fingerprint density at radius 3 is 2.52 bits per heavy atom. The second-order valence-electron chi connectivity index (χ2n) is 6.67. The monoisotopic (exact) mass is 380 g/mol. The van der Waals surface area contributed by atoms with E-state index in [1.165, 1.54) is 13.0 Å². The first-order chi connectivity index (χ1) is 12.8. The lowest BCUT2D eigenvalue weighted by Gasteiger charge is -2.26. The fraction of sp³-hybridized carbons (Fsp3) is 0.421. The van der Waals surface area contributed by atoms with Crippen LogP contribution in [0.4, 0.5) is 13.2 Å². The summed E-state index contributed by atoms with van der Waals surface area (Å²) in [4.78, 5) is 22.4. The molecule has 0 unspecified atom stereocenters. The summed E-state index contributed by atoms with van der Waals surface area (Å²) in [5.74, 6) is -0.250. The molecule has 0 saturated heterocycles. The molecule has 1 aromatic carbocycles. The molecule has 1 aromatic heterocycles. The van der Waals surface area contributed by atoms with Crippen molar-refractivity contribution in [3.05, 3.63) is 41.6 Å². The highest BCUT2D eigenvalue weighted by molar-refractivity contribution is 5.94. The van der Waals surface area contributed by atoms with E-state index in [9.17, 15) is 22.8 Å². The molecule has 0 radical (unpaired) electrons. The lowest BCUT2D eigenvalue weighted by Crippen LogP contribution is -2.25. The van der Waals surface area contributed by atoms with Crippen molar-refractivity contribution >= 4 is 12.1 Å². The molecule has 0 N–H and O–H groups in total. The molecule has 3 rings (SSSR count). The zero-order valence-electron chi connectivity index (χ0n) is 14.7. The van der Waals surface area contributed by atoms with Crippen molar-refractivity contribution < 1.29 is 27.5 Å². The van der Waals surface area contributed by atoms with Gasteiger partial charge in [-0.25, -0.2) is 4.68 Å². The summed E-state index contributed by atoms with van der Waals surface area (Å²) in [5.41, 5.74) is -0.379. The number of hydrogen-bond donors (Lipinski definition) is 0. The molecule has 0 amide bonds. The minimum Gasteiger partial charge on any atom is -0.474 e. The maximum atomic E-state index is 13.2. The van der Waals surface area contributed by atoms with Crippen LogP contribution in [0.5, 0.6) is 5.88 Å². The molecule has 8 heteroatoms. The maximum absolute atomic E-state index is 13.2. The lowest BCUT2D eigenvalue weighted by atomic mass is 9.88. The van der Waals surface area contributed by atoms with Gasteiger partial charge in [-0.1, -0.05) is 12.1 Å².